The van der Waals surface area contributed by atoms with Crippen LogP contribution in [0.3, 0.4) is 0 Å². The zero-order valence-corrected chi connectivity index (χ0v) is 15.0. The van der Waals surface area contributed by atoms with Gasteiger partial charge in [-0.25, -0.2) is 18.4 Å². The Balaban J connectivity index is 1.91. The van der Waals surface area contributed by atoms with E-state index in [1.807, 2.05) is 18.4 Å². The number of thiophene rings is 1. The van der Waals surface area contributed by atoms with Gasteiger partial charge in [0, 0.05) is 32.4 Å². The van der Waals surface area contributed by atoms with Crippen LogP contribution in [0, 0.1) is 0 Å². The molecule has 1 fully saturated rings. The molecule has 126 valence electrons. The van der Waals surface area contributed by atoms with Crippen LogP contribution in [0.2, 0.25) is 0 Å². The summed E-state index contributed by atoms with van der Waals surface area (Å²) in [7, 11) is -3.20. The van der Waals surface area contributed by atoms with E-state index in [-0.39, 0.29) is 0 Å². The minimum absolute atomic E-state index is 0.348. The van der Waals surface area contributed by atoms with E-state index in [9.17, 15) is 8.42 Å². The number of aromatic nitrogens is 2. The molecule has 23 heavy (non-hydrogen) atoms. The SMILES string of the molecule is CCc1nc(NCC2(S(C)(=O)=O)CCOCC2)c2ccsc2n1. The van der Waals surface area contributed by atoms with Crippen LogP contribution in [0.5, 0.6) is 0 Å². The van der Waals surface area contributed by atoms with E-state index >= 15 is 0 Å². The zero-order valence-electron chi connectivity index (χ0n) is 13.3. The van der Waals surface area contributed by atoms with E-state index in [1.165, 1.54) is 6.26 Å². The maximum atomic E-state index is 12.3. The van der Waals surface area contributed by atoms with Gasteiger partial charge in [0.1, 0.15) is 16.5 Å². The molecular formula is C15H21N3O3S2. The molecule has 1 aliphatic heterocycles. The van der Waals surface area contributed by atoms with Crippen molar-refractivity contribution in [2.45, 2.75) is 30.9 Å². The molecule has 1 saturated heterocycles. The quantitative estimate of drug-likeness (QED) is 0.886. The Kier molecular flexibility index (Phi) is 4.57. The maximum Gasteiger partial charge on any atom is 0.155 e. The van der Waals surface area contributed by atoms with Crippen molar-refractivity contribution in [3.05, 3.63) is 17.3 Å². The fraction of sp³-hybridized carbons (Fsp3) is 0.600. The fourth-order valence-corrected chi connectivity index (χ4v) is 4.88. The lowest BCUT2D eigenvalue weighted by Crippen LogP contribution is -2.48. The molecule has 0 saturated carbocycles. The standard InChI is InChI=1S/C15H21N3O3S2/c1-3-12-17-13(11-4-9-22-14(11)18-12)16-10-15(23(2,19)20)5-7-21-8-6-15/h4,9H,3,5-8,10H2,1-2H3,(H,16,17,18). The third-order valence-electron chi connectivity index (χ3n) is 4.46. The molecule has 6 nitrogen and oxygen atoms in total. The number of hydrogen-bond donors (Lipinski definition) is 1. The van der Waals surface area contributed by atoms with Crippen molar-refractivity contribution in [3.8, 4) is 0 Å². The lowest BCUT2D eigenvalue weighted by Gasteiger charge is -2.35. The molecule has 1 N–H and O–H groups in total. The first kappa shape index (κ1) is 16.6. The first-order valence-electron chi connectivity index (χ1n) is 7.70. The zero-order chi connectivity index (χ0) is 16.5. The molecule has 3 rings (SSSR count). The molecule has 0 aromatic carbocycles. The molecule has 2 aromatic rings. The van der Waals surface area contributed by atoms with E-state index in [0.29, 0.717) is 32.6 Å². The van der Waals surface area contributed by atoms with Gasteiger partial charge in [0.05, 0.1) is 10.1 Å². The molecule has 0 aliphatic carbocycles. The number of nitrogens with zero attached hydrogens (tertiary/aromatic N) is 2. The summed E-state index contributed by atoms with van der Waals surface area (Å²) < 4.78 is 29.2. The van der Waals surface area contributed by atoms with Crippen molar-refractivity contribution in [3.63, 3.8) is 0 Å². The highest BCUT2D eigenvalue weighted by Crippen LogP contribution is 2.31. The maximum absolute atomic E-state index is 12.3. The lowest BCUT2D eigenvalue weighted by molar-refractivity contribution is 0.0776. The summed E-state index contributed by atoms with van der Waals surface area (Å²) in [5.74, 6) is 1.49. The second-order valence-corrected chi connectivity index (χ2v) is 9.21. The van der Waals surface area contributed by atoms with Crippen LogP contribution < -0.4 is 5.32 Å². The van der Waals surface area contributed by atoms with Gasteiger partial charge in [0.25, 0.3) is 0 Å². The highest BCUT2D eigenvalue weighted by Gasteiger charge is 2.42. The average molecular weight is 355 g/mol. The monoisotopic (exact) mass is 355 g/mol. The number of sulfone groups is 1. The number of aryl methyl sites for hydroxylation is 1. The number of rotatable bonds is 5. The average Bonchev–Trinajstić information content (AvgIpc) is 3.00. The minimum Gasteiger partial charge on any atom is -0.381 e. The normalized spacial score (nSPS) is 18.2. The van der Waals surface area contributed by atoms with E-state index in [0.717, 1.165) is 28.3 Å². The van der Waals surface area contributed by atoms with Crippen LogP contribution in [0.1, 0.15) is 25.6 Å². The van der Waals surface area contributed by atoms with E-state index < -0.39 is 14.6 Å². The fourth-order valence-electron chi connectivity index (χ4n) is 2.86. The molecule has 0 spiro atoms. The number of hydrogen-bond acceptors (Lipinski definition) is 7. The number of ether oxygens (including phenoxy) is 1. The largest absolute Gasteiger partial charge is 0.381 e. The number of fused-ring (bicyclic) bond motifs is 1. The van der Waals surface area contributed by atoms with Crippen molar-refractivity contribution >= 4 is 37.2 Å². The molecule has 8 heteroatoms. The van der Waals surface area contributed by atoms with Gasteiger partial charge in [-0.3, -0.25) is 0 Å². The topological polar surface area (TPSA) is 81.2 Å². The highest BCUT2D eigenvalue weighted by molar-refractivity contribution is 7.92. The minimum atomic E-state index is -3.20. The molecule has 0 atom stereocenters. The first-order valence-corrected chi connectivity index (χ1v) is 10.5. The number of nitrogens with one attached hydrogen (secondary N) is 1. The first-order chi connectivity index (χ1) is 11.0. The lowest BCUT2D eigenvalue weighted by atomic mass is 9.99. The highest BCUT2D eigenvalue weighted by atomic mass is 32.2. The third kappa shape index (κ3) is 3.20. The van der Waals surface area contributed by atoms with Gasteiger partial charge >= 0.3 is 0 Å². The van der Waals surface area contributed by atoms with Crippen LogP contribution in [-0.2, 0) is 21.0 Å². The van der Waals surface area contributed by atoms with E-state index in [2.05, 4.69) is 15.3 Å². The smallest absolute Gasteiger partial charge is 0.155 e. The van der Waals surface area contributed by atoms with Crippen LogP contribution in [0.25, 0.3) is 10.2 Å². The molecule has 0 radical (unpaired) electrons. The Morgan fingerprint density at radius 3 is 2.74 bits per heavy atom. The molecule has 1 aliphatic rings. The summed E-state index contributed by atoms with van der Waals surface area (Å²) in [5.41, 5.74) is 0. The van der Waals surface area contributed by atoms with Gasteiger partial charge < -0.3 is 10.1 Å². The van der Waals surface area contributed by atoms with Crippen LogP contribution in [0.15, 0.2) is 11.4 Å². The predicted octanol–water partition coefficient (Wildman–Crippen LogP) is 2.26. The third-order valence-corrected chi connectivity index (χ3v) is 7.39. The molecule has 2 aromatic heterocycles. The molecular weight excluding hydrogens is 334 g/mol. The van der Waals surface area contributed by atoms with Gasteiger partial charge in [0.15, 0.2) is 9.84 Å². The Morgan fingerprint density at radius 1 is 1.35 bits per heavy atom. The summed E-state index contributed by atoms with van der Waals surface area (Å²) in [4.78, 5) is 9.98. The second-order valence-electron chi connectivity index (χ2n) is 5.90. The van der Waals surface area contributed by atoms with Crippen LogP contribution >= 0.6 is 11.3 Å². The number of anilines is 1. The van der Waals surface area contributed by atoms with Crippen molar-refractivity contribution < 1.29 is 13.2 Å². The predicted molar refractivity (Wildman–Crippen MR) is 92.9 cm³/mol. The Bertz CT molecular complexity index is 795. The molecule has 3 heterocycles. The van der Waals surface area contributed by atoms with Gasteiger partial charge in [0.2, 0.25) is 0 Å². The molecule has 0 bridgehead atoms. The molecule has 0 unspecified atom stereocenters. The summed E-state index contributed by atoms with van der Waals surface area (Å²) in [5, 5.41) is 6.21. The second kappa shape index (κ2) is 6.33. The van der Waals surface area contributed by atoms with Gasteiger partial charge in [-0.1, -0.05) is 6.92 Å². The van der Waals surface area contributed by atoms with E-state index in [1.54, 1.807) is 11.3 Å². The Labute approximate surface area is 140 Å². The summed E-state index contributed by atoms with van der Waals surface area (Å²) in [6.07, 6.45) is 3.08. The summed E-state index contributed by atoms with van der Waals surface area (Å²) in [6.45, 7) is 3.31. The van der Waals surface area contributed by atoms with Crippen LogP contribution in [-0.4, -0.2) is 49.1 Å². The van der Waals surface area contributed by atoms with Gasteiger partial charge in [-0.05, 0) is 24.3 Å². The van der Waals surface area contributed by atoms with Crippen molar-refractivity contribution in [2.24, 2.45) is 0 Å². The van der Waals surface area contributed by atoms with E-state index in [4.69, 9.17) is 4.74 Å². The van der Waals surface area contributed by atoms with Crippen LogP contribution in [0.4, 0.5) is 5.82 Å². The Hall–Kier alpha value is -1.25. The van der Waals surface area contributed by atoms with Gasteiger partial charge in [-0.2, -0.15) is 0 Å². The van der Waals surface area contributed by atoms with Crippen molar-refractivity contribution in [1.82, 2.24) is 9.97 Å². The Morgan fingerprint density at radius 2 is 2.09 bits per heavy atom. The van der Waals surface area contributed by atoms with Crippen molar-refractivity contribution in [2.75, 3.05) is 31.3 Å². The molecule has 0 amide bonds. The van der Waals surface area contributed by atoms with Gasteiger partial charge in [-0.15, -0.1) is 11.3 Å². The van der Waals surface area contributed by atoms with Crippen molar-refractivity contribution in [1.29, 1.82) is 0 Å². The summed E-state index contributed by atoms with van der Waals surface area (Å²) >= 11 is 1.57. The summed E-state index contributed by atoms with van der Waals surface area (Å²) in [6, 6.07) is 1.97.